The summed E-state index contributed by atoms with van der Waals surface area (Å²) in [6, 6.07) is 7.62. The van der Waals surface area contributed by atoms with Crippen LogP contribution in [0.1, 0.15) is 36.0 Å². The molecule has 4 aliphatic rings. The third-order valence-corrected chi connectivity index (χ3v) is 6.89. The first-order chi connectivity index (χ1) is 16.2. The van der Waals surface area contributed by atoms with Gasteiger partial charge in [0, 0.05) is 22.7 Å². The fourth-order valence-electron chi connectivity index (χ4n) is 5.07. The molecule has 1 aliphatic heterocycles. The highest BCUT2D eigenvalue weighted by Crippen LogP contribution is 2.52. The van der Waals surface area contributed by atoms with Gasteiger partial charge in [0.05, 0.1) is 12.0 Å². The molecule has 2 N–H and O–H groups in total. The molecular weight excluding hydrogens is 470 g/mol. The molecule has 2 atom stereocenters. The molecule has 10 heteroatoms. The number of amides is 2. The molecule has 2 amide bonds. The largest absolute Gasteiger partial charge is 0.484 e. The van der Waals surface area contributed by atoms with Crippen molar-refractivity contribution in [2.24, 2.45) is 5.92 Å². The van der Waals surface area contributed by atoms with Gasteiger partial charge in [-0.1, -0.05) is 11.6 Å². The summed E-state index contributed by atoms with van der Waals surface area (Å²) in [6.07, 6.45) is 0.975. The molecule has 3 fully saturated rings. The summed E-state index contributed by atoms with van der Waals surface area (Å²) in [5.41, 5.74) is -0.0733. The molecule has 0 aromatic heterocycles. The van der Waals surface area contributed by atoms with Crippen LogP contribution in [0.15, 0.2) is 36.4 Å². The van der Waals surface area contributed by atoms with E-state index in [1.165, 1.54) is 12.1 Å². The number of benzene rings is 2. The predicted octanol–water partition coefficient (Wildman–Crippen LogP) is 3.18. The quantitative estimate of drug-likeness (QED) is 0.648. The second-order valence-electron chi connectivity index (χ2n) is 9.05. The molecule has 2 bridgehead atoms. The Bertz CT molecular complexity index is 1180. The Kier molecular flexibility index (Phi) is 5.67. The lowest BCUT2D eigenvalue weighted by atomic mass is 9.76. The maximum atomic E-state index is 13.3. The summed E-state index contributed by atoms with van der Waals surface area (Å²) in [4.78, 5) is 37.6. The zero-order valence-corrected chi connectivity index (χ0v) is 18.7. The number of rotatable bonds is 6. The number of Topliss-reactive ketones (excluding diaryl/α,β-unsaturated/α-hetero) is 1. The third kappa shape index (κ3) is 4.32. The number of ether oxygens (including phenoxy) is 2. The summed E-state index contributed by atoms with van der Waals surface area (Å²) < 4.78 is 37.2. The normalized spacial score (nSPS) is 26.7. The standard InChI is InChI=1S/C24H21ClF2N2O5/c25-13-1-4-20-15(5-13)19(30)7-21(34-20)23(32)28-18-10-24(8-12(18)9-24)29-22(31)11-33-14-2-3-16(26)17(27)6-14/h1-6,12,18,21H,7-11H2,(H,28,32)(H,29,31)/t12?,18?,21-,24?/m1/s1. The van der Waals surface area contributed by atoms with Crippen molar-refractivity contribution in [3.8, 4) is 11.5 Å². The van der Waals surface area contributed by atoms with Gasteiger partial charge >= 0.3 is 0 Å². The van der Waals surface area contributed by atoms with Crippen molar-refractivity contribution in [3.05, 3.63) is 58.6 Å². The molecule has 6 rings (SSSR count). The average molecular weight is 491 g/mol. The smallest absolute Gasteiger partial charge is 0.261 e. The lowest BCUT2D eigenvalue weighted by molar-refractivity contribution is -0.129. The van der Waals surface area contributed by atoms with Gasteiger partial charge in [0.25, 0.3) is 11.8 Å². The van der Waals surface area contributed by atoms with Crippen molar-refractivity contribution in [2.75, 3.05) is 6.61 Å². The van der Waals surface area contributed by atoms with E-state index >= 15 is 0 Å². The summed E-state index contributed by atoms with van der Waals surface area (Å²) in [6.45, 7) is -0.337. The fourth-order valence-corrected chi connectivity index (χ4v) is 5.24. The predicted molar refractivity (Wildman–Crippen MR) is 117 cm³/mol. The van der Waals surface area contributed by atoms with Gasteiger partial charge in [0.1, 0.15) is 11.5 Å². The number of nitrogens with one attached hydrogen (secondary N) is 2. The van der Waals surface area contributed by atoms with Crippen molar-refractivity contribution in [1.82, 2.24) is 10.6 Å². The maximum absolute atomic E-state index is 13.3. The van der Waals surface area contributed by atoms with Gasteiger partial charge in [-0.25, -0.2) is 8.78 Å². The molecule has 0 radical (unpaired) electrons. The molecule has 1 unspecified atom stereocenters. The second-order valence-corrected chi connectivity index (χ2v) is 9.49. The van der Waals surface area contributed by atoms with Gasteiger partial charge in [-0.2, -0.15) is 0 Å². The summed E-state index contributed by atoms with van der Waals surface area (Å²) in [7, 11) is 0. The Morgan fingerprint density at radius 1 is 1.12 bits per heavy atom. The Balaban J connectivity index is 1.13. The highest BCUT2D eigenvalue weighted by molar-refractivity contribution is 6.31. The van der Waals surface area contributed by atoms with E-state index in [1.54, 1.807) is 12.1 Å². The van der Waals surface area contributed by atoms with Gasteiger partial charge in [0.2, 0.25) is 0 Å². The number of halogens is 3. The van der Waals surface area contributed by atoms with E-state index in [-0.39, 0.29) is 48.3 Å². The number of carbonyl (C=O) groups excluding carboxylic acids is 3. The Labute approximate surface area is 198 Å². The number of carbonyl (C=O) groups is 3. The van der Waals surface area contributed by atoms with Gasteiger partial charge in [0.15, 0.2) is 30.1 Å². The second kappa shape index (κ2) is 8.54. The van der Waals surface area contributed by atoms with Crippen LogP contribution >= 0.6 is 11.6 Å². The minimum atomic E-state index is -1.05. The van der Waals surface area contributed by atoms with Crippen molar-refractivity contribution in [2.45, 2.75) is 43.4 Å². The minimum absolute atomic E-state index is 0.0560. The molecule has 3 aliphatic carbocycles. The molecule has 178 valence electrons. The van der Waals surface area contributed by atoms with Crippen LogP contribution in [0, 0.1) is 17.6 Å². The molecule has 2 aromatic rings. The van der Waals surface area contributed by atoms with Crippen LogP contribution in [0.3, 0.4) is 0 Å². The fraction of sp³-hybridized carbons (Fsp3) is 0.375. The zero-order chi connectivity index (χ0) is 24.0. The number of hydrogen-bond donors (Lipinski definition) is 2. The van der Waals surface area contributed by atoms with Crippen LogP contribution in [0.5, 0.6) is 11.5 Å². The van der Waals surface area contributed by atoms with E-state index < -0.39 is 23.3 Å². The van der Waals surface area contributed by atoms with Crippen molar-refractivity contribution >= 4 is 29.2 Å². The van der Waals surface area contributed by atoms with E-state index in [0.717, 1.165) is 12.1 Å². The Hall–Kier alpha value is -3.20. The number of hydrogen-bond acceptors (Lipinski definition) is 5. The molecule has 7 nitrogen and oxygen atoms in total. The monoisotopic (exact) mass is 490 g/mol. The van der Waals surface area contributed by atoms with Crippen LogP contribution in [-0.2, 0) is 9.59 Å². The van der Waals surface area contributed by atoms with Gasteiger partial charge in [-0.3, -0.25) is 14.4 Å². The first-order valence-corrected chi connectivity index (χ1v) is 11.3. The van der Waals surface area contributed by atoms with E-state index in [1.807, 2.05) is 0 Å². The molecular formula is C24H21ClF2N2O5. The van der Waals surface area contributed by atoms with E-state index in [0.29, 0.717) is 35.6 Å². The first-order valence-electron chi connectivity index (χ1n) is 10.9. The minimum Gasteiger partial charge on any atom is -0.484 e. The molecule has 2 aromatic carbocycles. The van der Waals surface area contributed by atoms with Crippen LogP contribution in [0.4, 0.5) is 8.78 Å². The van der Waals surface area contributed by atoms with Crippen molar-refractivity contribution in [3.63, 3.8) is 0 Å². The first kappa shape index (κ1) is 22.6. The van der Waals surface area contributed by atoms with Crippen molar-refractivity contribution in [1.29, 1.82) is 0 Å². The van der Waals surface area contributed by atoms with E-state index in [9.17, 15) is 23.2 Å². The highest BCUT2D eigenvalue weighted by Gasteiger charge is 2.57. The molecule has 1 heterocycles. The number of fused-ring (bicyclic) bond motifs is 2. The van der Waals surface area contributed by atoms with Gasteiger partial charge < -0.3 is 20.1 Å². The van der Waals surface area contributed by atoms with Gasteiger partial charge in [-0.05, 0) is 55.5 Å². The lowest BCUT2D eigenvalue weighted by Gasteiger charge is -2.39. The lowest BCUT2D eigenvalue weighted by Crippen LogP contribution is -2.53. The summed E-state index contributed by atoms with van der Waals surface area (Å²) in [5, 5.41) is 6.34. The zero-order valence-electron chi connectivity index (χ0n) is 17.9. The average Bonchev–Trinajstić information content (AvgIpc) is 3.28. The maximum Gasteiger partial charge on any atom is 0.261 e. The Morgan fingerprint density at radius 2 is 1.91 bits per heavy atom. The van der Waals surface area contributed by atoms with E-state index in [2.05, 4.69) is 10.6 Å². The third-order valence-electron chi connectivity index (χ3n) is 6.65. The number of ketones is 1. The summed E-state index contributed by atoms with van der Waals surface area (Å²) >= 11 is 5.93. The van der Waals surface area contributed by atoms with Crippen LogP contribution in [-0.4, -0.2) is 41.9 Å². The Morgan fingerprint density at radius 3 is 2.68 bits per heavy atom. The topological polar surface area (TPSA) is 93.7 Å². The van der Waals surface area contributed by atoms with Crippen LogP contribution in [0.2, 0.25) is 5.02 Å². The molecule has 34 heavy (non-hydrogen) atoms. The van der Waals surface area contributed by atoms with Crippen molar-refractivity contribution < 1.29 is 32.6 Å². The summed E-state index contributed by atoms with van der Waals surface area (Å²) in [5.74, 6) is -2.40. The van der Waals surface area contributed by atoms with Crippen LogP contribution < -0.4 is 20.1 Å². The highest BCUT2D eigenvalue weighted by atomic mass is 35.5. The van der Waals surface area contributed by atoms with E-state index in [4.69, 9.17) is 21.1 Å². The van der Waals surface area contributed by atoms with Crippen LogP contribution in [0.25, 0.3) is 0 Å². The molecule has 0 saturated heterocycles. The SMILES string of the molecule is O=C(COc1ccc(F)c(F)c1)NC12CC(C1)C(NC(=O)[C@H]1CC(=O)c3cc(Cl)ccc3O1)C2. The molecule has 0 spiro atoms. The molecule has 3 saturated carbocycles. The van der Waals surface area contributed by atoms with Gasteiger partial charge in [-0.15, -0.1) is 0 Å².